The molecular formula is C16H22F2N2O4. The minimum absolute atomic E-state index is 0.0742. The van der Waals surface area contributed by atoms with Crippen LogP contribution in [0.2, 0.25) is 0 Å². The average molecular weight is 344 g/mol. The van der Waals surface area contributed by atoms with Crippen molar-refractivity contribution in [1.82, 2.24) is 5.32 Å². The summed E-state index contributed by atoms with van der Waals surface area (Å²) in [7, 11) is 1.34. The summed E-state index contributed by atoms with van der Waals surface area (Å²) in [5.74, 6) is -0.188. The summed E-state index contributed by atoms with van der Waals surface area (Å²) < 4.78 is 33.8. The van der Waals surface area contributed by atoms with Gasteiger partial charge in [0, 0.05) is 11.6 Å². The zero-order valence-electron chi connectivity index (χ0n) is 13.9. The van der Waals surface area contributed by atoms with Crippen LogP contribution < -0.4 is 14.8 Å². The lowest BCUT2D eigenvalue weighted by Gasteiger charge is -2.11. The van der Waals surface area contributed by atoms with Crippen molar-refractivity contribution in [3.8, 4) is 11.5 Å². The highest BCUT2D eigenvalue weighted by atomic mass is 19.3. The largest absolute Gasteiger partial charge is 0.493 e. The molecule has 0 saturated carbocycles. The molecular weight excluding hydrogens is 322 g/mol. The maximum atomic E-state index is 12.2. The molecule has 134 valence electrons. The topological polar surface area (TPSA) is 69.2 Å². The zero-order valence-corrected chi connectivity index (χ0v) is 13.9. The van der Waals surface area contributed by atoms with E-state index in [1.54, 1.807) is 0 Å². The van der Waals surface area contributed by atoms with E-state index in [4.69, 9.17) is 9.57 Å². The van der Waals surface area contributed by atoms with Crippen LogP contribution in [0.1, 0.15) is 32.3 Å². The summed E-state index contributed by atoms with van der Waals surface area (Å²) in [5, 5.41) is 6.45. The van der Waals surface area contributed by atoms with Gasteiger partial charge in [0.15, 0.2) is 18.1 Å². The number of carbonyl (C=O) groups excluding carboxylic acids is 1. The van der Waals surface area contributed by atoms with Crippen LogP contribution in [-0.4, -0.2) is 38.5 Å². The van der Waals surface area contributed by atoms with Gasteiger partial charge in [-0.2, -0.15) is 8.78 Å². The van der Waals surface area contributed by atoms with Crippen molar-refractivity contribution in [1.29, 1.82) is 0 Å². The molecule has 1 rings (SSSR count). The van der Waals surface area contributed by atoms with Crippen molar-refractivity contribution in [3.63, 3.8) is 0 Å². The molecule has 24 heavy (non-hydrogen) atoms. The van der Waals surface area contributed by atoms with Crippen molar-refractivity contribution >= 4 is 12.1 Å². The van der Waals surface area contributed by atoms with Gasteiger partial charge in [0.05, 0.1) is 13.3 Å². The molecule has 1 unspecified atom stereocenters. The molecule has 0 heterocycles. The molecule has 6 nitrogen and oxygen atoms in total. The molecule has 0 aliphatic heterocycles. The van der Waals surface area contributed by atoms with Crippen LogP contribution in [0, 0.1) is 0 Å². The lowest BCUT2D eigenvalue weighted by molar-refractivity contribution is -0.126. The number of nitrogens with zero attached hydrogens (tertiary/aromatic N) is 1. The number of halogens is 2. The normalized spacial score (nSPS) is 12.2. The number of hydrogen-bond acceptors (Lipinski definition) is 5. The second-order valence-electron chi connectivity index (χ2n) is 5.05. The third-order valence-corrected chi connectivity index (χ3v) is 3.00. The van der Waals surface area contributed by atoms with Crippen LogP contribution in [0.3, 0.4) is 0 Å². The van der Waals surface area contributed by atoms with E-state index < -0.39 is 6.61 Å². The zero-order chi connectivity index (χ0) is 17.9. The predicted octanol–water partition coefficient (Wildman–Crippen LogP) is 2.95. The van der Waals surface area contributed by atoms with Crippen LogP contribution in [-0.2, 0) is 9.63 Å². The van der Waals surface area contributed by atoms with Crippen LogP contribution in [0.5, 0.6) is 11.5 Å². The first-order valence-corrected chi connectivity index (χ1v) is 7.53. The molecule has 0 radical (unpaired) electrons. The van der Waals surface area contributed by atoms with Crippen LogP contribution >= 0.6 is 0 Å². The van der Waals surface area contributed by atoms with Gasteiger partial charge < -0.3 is 19.6 Å². The summed E-state index contributed by atoms with van der Waals surface area (Å²) in [6, 6.07) is 4.40. The fraction of sp³-hybridized carbons (Fsp3) is 0.500. The van der Waals surface area contributed by atoms with Gasteiger partial charge in [-0.25, -0.2) is 0 Å². The second kappa shape index (κ2) is 10.4. The first-order chi connectivity index (χ1) is 11.5. The lowest BCUT2D eigenvalue weighted by Crippen LogP contribution is -2.34. The number of ether oxygens (including phenoxy) is 2. The molecule has 1 atom stereocenters. The lowest BCUT2D eigenvalue weighted by atomic mass is 10.2. The number of carbonyl (C=O) groups is 1. The van der Waals surface area contributed by atoms with Crippen molar-refractivity contribution in [3.05, 3.63) is 23.8 Å². The van der Waals surface area contributed by atoms with Crippen molar-refractivity contribution in [2.45, 2.75) is 39.3 Å². The van der Waals surface area contributed by atoms with E-state index in [9.17, 15) is 13.6 Å². The van der Waals surface area contributed by atoms with Crippen molar-refractivity contribution in [2.24, 2.45) is 5.16 Å². The number of nitrogens with one attached hydrogen (secondary N) is 1. The Balaban J connectivity index is 2.51. The molecule has 1 aromatic rings. The number of hydrogen-bond donors (Lipinski definition) is 1. The molecule has 0 spiro atoms. The number of amides is 1. The van der Waals surface area contributed by atoms with Gasteiger partial charge in [0.25, 0.3) is 5.91 Å². The first-order valence-electron chi connectivity index (χ1n) is 7.53. The highest BCUT2D eigenvalue weighted by Crippen LogP contribution is 2.28. The first kappa shape index (κ1) is 19.7. The highest BCUT2D eigenvalue weighted by Gasteiger charge is 2.10. The summed E-state index contributed by atoms with van der Waals surface area (Å²) in [6.07, 6.45) is 3.22. The van der Waals surface area contributed by atoms with E-state index in [1.807, 2.05) is 13.8 Å². The fourth-order valence-electron chi connectivity index (χ4n) is 1.97. The Bertz CT molecular complexity index is 553. The van der Waals surface area contributed by atoms with Crippen molar-refractivity contribution < 1.29 is 27.9 Å². The third-order valence-electron chi connectivity index (χ3n) is 3.00. The molecule has 1 N–H and O–H groups in total. The number of alkyl halides is 2. The Morgan fingerprint density at radius 1 is 1.38 bits per heavy atom. The Morgan fingerprint density at radius 2 is 2.12 bits per heavy atom. The molecule has 0 fully saturated rings. The Kier molecular flexibility index (Phi) is 8.53. The Hall–Kier alpha value is -2.38. The molecule has 8 heteroatoms. The van der Waals surface area contributed by atoms with E-state index in [0.717, 1.165) is 12.8 Å². The second-order valence-corrected chi connectivity index (χ2v) is 5.05. The average Bonchev–Trinajstić information content (AvgIpc) is 2.52. The van der Waals surface area contributed by atoms with Crippen LogP contribution in [0.15, 0.2) is 23.4 Å². The smallest absolute Gasteiger partial charge is 0.387 e. The minimum Gasteiger partial charge on any atom is -0.493 e. The number of benzene rings is 1. The number of oxime groups is 1. The molecule has 1 aromatic carbocycles. The van der Waals surface area contributed by atoms with E-state index in [0.29, 0.717) is 5.56 Å². The minimum atomic E-state index is -2.93. The van der Waals surface area contributed by atoms with Crippen LogP contribution in [0.4, 0.5) is 8.78 Å². The van der Waals surface area contributed by atoms with Crippen LogP contribution in [0.25, 0.3) is 0 Å². The molecule has 0 aliphatic rings. The van der Waals surface area contributed by atoms with Gasteiger partial charge in [0.1, 0.15) is 0 Å². The van der Waals surface area contributed by atoms with Gasteiger partial charge in [0.2, 0.25) is 0 Å². The summed E-state index contributed by atoms with van der Waals surface area (Å²) in [6.45, 7) is 0.819. The van der Waals surface area contributed by atoms with E-state index in [2.05, 4.69) is 15.2 Å². The van der Waals surface area contributed by atoms with Crippen molar-refractivity contribution in [2.75, 3.05) is 13.7 Å². The van der Waals surface area contributed by atoms with Gasteiger partial charge in [-0.1, -0.05) is 18.5 Å². The predicted molar refractivity (Wildman–Crippen MR) is 85.7 cm³/mol. The summed E-state index contributed by atoms with van der Waals surface area (Å²) >= 11 is 0. The van der Waals surface area contributed by atoms with Gasteiger partial charge in [-0.15, -0.1) is 0 Å². The van der Waals surface area contributed by atoms with Gasteiger partial charge >= 0.3 is 6.61 Å². The standard InChI is InChI=1S/C16H22F2N2O4/c1-4-5-11(2)20-15(21)10-23-19-9-12-6-7-13(24-16(17)18)14(8-12)22-3/h6-9,11,16H,4-5,10H2,1-3H3,(H,20,21)/b19-9+. The number of rotatable bonds is 10. The molecule has 1 amide bonds. The number of methoxy groups -OCH3 is 1. The SMILES string of the molecule is CCCC(C)NC(=O)CO/N=C/c1ccc(OC(F)F)c(OC)c1. The fourth-order valence-corrected chi connectivity index (χ4v) is 1.97. The maximum Gasteiger partial charge on any atom is 0.387 e. The molecule has 0 bridgehead atoms. The van der Waals surface area contributed by atoms with E-state index in [-0.39, 0.29) is 30.1 Å². The highest BCUT2D eigenvalue weighted by molar-refractivity contribution is 5.81. The summed E-state index contributed by atoms with van der Waals surface area (Å²) in [5.41, 5.74) is 0.549. The maximum absolute atomic E-state index is 12.2. The van der Waals surface area contributed by atoms with Gasteiger partial charge in [-0.3, -0.25) is 4.79 Å². The van der Waals surface area contributed by atoms with E-state index in [1.165, 1.54) is 31.5 Å². The quantitative estimate of drug-likeness (QED) is 0.523. The third kappa shape index (κ3) is 7.26. The summed E-state index contributed by atoms with van der Waals surface area (Å²) in [4.78, 5) is 16.5. The molecule has 0 aromatic heterocycles. The Morgan fingerprint density at radius 3 is 2.75 bits per heavy atom. The Labute approximate surface area is 139 Å². The van der Waals surface area contributed by atoms with Gasteiger partial charge in [-0.05, 0) is 31.5 Å². The molecule has 0 aliphatic carbocycles. The van der Waals surface area contributed by atoms with E-state index >= 15 is 0 Å². The monoisotopic (exact) mass is 344 g/mol. The molecule has 0 saturated heterocycles.